The van der Waals surface area contributed by atoms with Gasteiger partial charge in [0.25, 0.3) is 0 Å². The third-order valence-corrected chi connectivity index (χ3v) is 2.18. The minimum absolute atomic E-state index is 0.0826. The fourth-order valence-corrected chi connectivity index (χ4v) is 1.23. The average Bonchev–Trinajstić information content (AvgIpc) is 2.12. The fourth-order valence-electron chi connectivity index (χ4n) is 1.23. The van der Waals surface area contributed by atoms with Gasteiger partial charge in [-0.1, -0.05) is 0 Å². The van der Waals surface area contributed by atoms with Crippen LogP contribution in [0.3, 0.4) is 0 Å². The molecule has 0 aliphatic heterocycles. The lowest BCUT2D eigenvalue weighted by Crippen LogP contribution is -2.37. The summed E-state index contributed by atoms with van der Waals surface area (Å²) in [7, 11) is 1.59. The molecule has 0 aromatic rings. The molecule has 0 amide bonds. The van der Waals surface area contributed by atoms with Crippen LogP contribution < -0.4 is 5.73 Å². The topological polar surface area (TPSA) is 44.5 Å². The molecule has 0 heterocycles. The Morgan fingerprint density at radius 2 is 1.75 bits per heavy atom. The summed E-state index contributed by atoms with van der Waals surface area (Å²) in [5.41, 5.74) is 5.51. The Bertz CT molecular complexity index is 183. The maximum atomic E-state index is 11.7. The molecule has 1 atom stereocenters. The van der Waals surface area contributed by atoms with Crippen molar-refractivity contribution >= 4 is 0 Å². The van der Waals surface area contributed by atoms with Crippen LogP contribution in [0.1, 0.15) is 26.2 Å². The van der Waals surface area contributed by atoms with Crippen molar-refractivity contribution in [2.75, 3.05) is 26.9 Å². The molecule has 98 valence electrons. The van der Waals surface area contributed by atoms with Crippen LogP contribution in [0.5, 0.6) is 0 Å². The summed E-state index contributed by atoms with van der Waals surface area (Å²) in [6.07, 6.45) is -2.42. The van der Waals surface area contributed by atoms with Crippen LogP contribution in [-0.4, -0.2) is 38.6 Å². The third-order valence-electron chi connectivity index (χ3n) is 2.18. The van der Waals surface area contributed by atoms with Gasteiger partial charge in [-0.25, -0.2) is 0 Å². The number of hydrogen-bond donors (Lipinski definition) is 1. The second kappa shape index (κ2) is 7.09. The average molecular weight is 243 g/mol. The van der Waals surface area contributed by atoms with Crippen LogP contribution in [0, 0.1) is 0 Å². The van der Waals surface area contributed by atoms with Crippen molar-refractivity contribution in [3.8, 4) is 0 Å². The highest BCUT2D eigenvalue weighted by Gasteiger charge is 2.27. The van der Waals surface area contributed by atoms with Gasteiger partial charge < -0.3 is 15.2 Å². The smallest absolute Gasteiger partial charge is 0.385 e. The van der Waals surface area contributed by atoms with Crippen molar-refractivity contribution in [1.82, 2.24) is 0 Å². The summed E-state index contributed by atoms with van der Waals surface area (Å²) in [5, 5.41) is 0. The molecule has 0 saturated heterocycles. The molecule has 2 N–H and O–H groups in total. The molecule has 0 aliphatic rings. The van der Waals surface area contributed by atoms with Crippen LogP contribution in [0.2, 0.25) is 0 Å². The Labute approximate surface area is 94.1 Å². The second-order valence-electron chi connectivity index (χ2n) is 4.17. The van der Waals surface area contributed by atoms with E-state index in [9.17, 15) is 13.2 Å². The molecule has 3 nitrogen and oxygen atoms in total. The van der Waals surface area contributed by atoms with Gasteiger partial charge in [-0.15, -0.1) is 0 Å². The number of methoxy groups -OCH3 is 1. The summed E-state index contributed by atoms with van der Waals surface area (Å²) in [6, 6.07) is 0. The van der Waals surface area contributed by atoms with E-state index >= 15 is 0 Å². The van der Waals surface area contributed by atoms with Gasteiger partial charge in [0.1, 0.15) is 6.61 Å². The Kier molecular flexibility index (Phi) is 6.94. The van der Waals surface area contributed by atoms with Crippen LogP contribution in [0.4, 0.5) is 13.2 Å². The molecule has 0 rings (SSSR count). The summed E-state index contributed by atoms with van der Waals surface area (Å²) < 4.78 is 44.5. The first-order chi connectivity index (χ1) is 7.27. The number of hydrogen-bond acceptors (Lipinski definition) is 3. The Morgan fingerprint density at radius 1 is 1.12 bits per heavy atom. The standard InChI is InChI=1S/C10H20F3NO2/c1-9(14,5-7-15-2)4-3-6-16-8-10(11,12)13/h3-8,14H2,1-2H3. The van der Waals surface area contributed by atoms with Gasteiger partial charge in [0.2, 0.25) is 0 Å². The quantitative estimate of drug-likeness (QED) is 0.664. The van der Waals surface area contributed by atoms with Crippen LogP contribution in [0.15, 0.2) is 0 Å². The highest BCUT2D eigenvalue weighted by atomic mass is 19.4. The van der Waals surface area contributed by atoms with Crippen LogP contribution in [0.25, 0.3) is 0 Å². The summed E-state index contributed by atoms with van der Waals surface area (Å²) in [6.45, 7) is 1.30. The van der Waals surface area contributed by atoms with E-state index in [1.54, 1.807) is 7.11 Å². The molecular weight excluding hydrogens is 223 g/mol. The molecule has 0 radical (unpaired) electrons. The molecule has 0 bridgehead atoms. The number of halogens is 3. The van der Waals surface area contributed by atoms with Crippen molar-refractivity contribution in [1.29, 1.82) is 0 Å². The minimum Gasteiger partial charge on any atom is -0.385 e. The summed E-state index contributed by atoms with van der Waals surface area (Å²) in [5.74, 6) is 0. The molecule has 0 aliphatic carbocycles. The maximum Gasteiger partial charge on any atom is 0.411 e. The first-order valence-corrected chi connectivity index (χ1v) is 5.19. The molecule has 1 unspecified atom stereocenters. The zero-order chi connectivity index (χ0) is 12.7. The second-order valence-corrected chi connectivity index (χ2v) is 4.17. The molecular formula is C10H20F3NO2. The highest BCUT2D eigenvalue weighted by molar-refractivity contribution is 4.77. The molecule has 0 aromatic heterocycles. The number of ether oxygens (including phenoxy) is 2. The van der Waals surface area contributed by atoms with Crippen molar-refractivity contribution in [2.24, 2.45) is 5.73 Å². The highest BCUT2D eigenvalue weighted by Crippen LogP contribution is 2.16. The predicted molar refractivity (Wildman–Crippen MR) is 55.2 cm³/mol. The van der Waals surface area contributed by atoms with Crippen LogP contribution in [-0.2, 0) is 9.47 Å². The monoisotopic (exact) mass is 243 g/mol. The summed E-state index contributed by atoms with van der Waals surface area (Å²) >= 11 is 0. The number of rotatable bonds is 8. The van der Waals surface area contributed by atoms with Crippen molar-refractivity contribution in [3.63, 3.8) is 0 Å². The SMILES string of the molecule is COCCC(C)(N)CCCOCC(F)(F)F. The zero-order valence-electron chi connectivity index (χ0n) is 9.77. The zero-order valence-corrected chi connectivity index (χ0v) is 9.77. The molecule has 0 spiro atoms. The van der Waals surface area contributed by atoms with Gasteiger partial charge in [0.15, 0.2) is 0 Å². The number of nitrogens with two attached hydrogens (primary N) is 1. The normalized spacial score (nSPS) is 16.1. The van der Waals surface area contributed by atoms with Crippen LogP contribution >= 0.6 is 0 Å². The third kappa shape index (κ3) is 10.2. The van der Waals surface area contributed by atoms with E-state index in [2.05, 4.69) is 4.74 Å². The molecule has 0 saturated carbocycles. The largest absolute Gasteiger partial charge is 0.411 e. The number of alkyl halides is 3. The van der Waals surface area contributed by atoms with E-state index in [4.69, 9.17) is 10.5 Å². The molecule has 16 heavy (non-hydrogen) atoms. The van der Waals surface area contributed by atoms with E-state index in [1.165, 1.54) is 0 Å². The van der Waals surface area contributed by atoms with E-state index in [0.29, 0.717) is 25.9 Å². The summed E-state index contributed by atoms with van der Waals surface area (Å²) in [4.78, 5) is 0. The predicted octanol–water partition coefficient (Wildman–Crippen LogP) is 2.10. The lowest BCUT2D eigenvalue weighted by Gasteiger charge is -2.24. The van der Waals surface area contributed by atoms with E-state index < -0.39 is 18.3 Å². The minimum atomic E-state index is -4.25. The maximum absolute atomic E-state index is 11.7. The Balaban J connectivity index is 3.50. The molecule has 0 fully saturated rings. The Morgan fingerprint density at radius 3 is 2.25 bits per heavy atom. The van der Waals surface area contributed by atoms with Crippen molar-refractivity contribution in [2.45, 2.75) is 37.9 Å². The fraction of sp³-hybridized carbons (Fsp3) is 1.00. The van der Waals surface area contributed by atoms with Gasteiger partial charge in [-0.2, -0.15) is 13.2 Å². The van der Waals surface area contributed by atoms with E-state index in [-0.39, 0.29) is 6.61 Å². The molecule has 6 heteroatoms. The van der Waals surface area contributed by atoms with E-state index in [1.807, 2.05) is 6.92 Å². The first kappa shape index (κ1) is 15.7. The van der Waals surface area contributed by atoms with Crippen molar-refractivity contribution < 1.29 is 22.6 Å². The van der Waals surface area contributed by atoms with Gasteiger partial charge in [0, 0.05) is 25.9 Å². The van der Waals surface area contributed by atoms with Gasteiger partial charge in [-0.3, -0.25) is 0 Å². The lowest BCUT2D eigenvalue weighted by molar-refractivity contribution is -0.174. The van der Waals surface area contributed by atoms with Gasteiger partial charge in [0.05, 0.1) is 0 Å². The van der Waals surface area contributed by atoms with Gasteiger partial charge >= 0.3 is 6.18 Å². The molecule has 0 aromatic carbocycles. The van der Waals surface area contributed by atoms with Crippen molar-refractivity contribution in [3.05, 3.63) is 0 Å². The van der Waals surface area contributed by atoms with E-state index in [0.717, 1.165) is 0 Å². The first-order valence-electron chi connectivity index (χ1n) is 5.19. The lowest BCUT2D eigenvalue weighted by atomic mass is 9.94. The van der Waals surface area contributed by atoms with Gasteiger partial charge in [-0.05, 0) is 26.2 Å². The Hall–Kier alpha value is -0.330.